The second-order valence-corrected chi connectivity index (χ2v) is 4.24. The van der Waals surface area contributed by atoms with E-state index in [0.717, 1.165) is 24.3 Å². The van der Waals surface area contributed by atoms with Crippen molar-refractivity contribution < 1.29 is 9.90 Å². The standard InChI is InChI=1S/C9H16ClN3O3/c10-4-5-13(12-16)9(15)11-7-2-1-3-8(14)6-7/h7-8,14H,1-6H2,(H,11,15)/t7-,8-/m0/s1. The number of aliphatic hydroxyl groups is 1. The first-order valence-corrected chi connectivity index (χ1v) is 5.86. The van der Waals surface area contributed by atoms with E-state index in [0.29, 0.717) is 6.42 Å². The number of alkyl halides is 1. The first-order valence-electron chi connectivity index (χ1n) is 5.32. The fraction of sp³-hybridized carbons (Fsp3) is 0.889. The summed E-state index contributed by atoms with van der Waals surface area (Å²) in [6.45, 7) is 0.0894. The van der Waals surface area contributed by atoms with E-state index in [4.69, 9.17) is 11.6 Å². The minimum Gasteiger partial charge on any atom is -0.393 e. The molecule has 1 saturated carbocycles. The van der Waals surface area contributed by atoms with Gasteiger partial charge in [0.1, 0.15) is 0 Å². The van der Waals surface area contributed by atoms with Crippen molar-refractivity contribution in [3.05, 3.63) is 4.91 Å². The number of amides is 2. The van der Waals surface area contributed by atoms with Crippen LogP contribution in [0.4, 0.5) is 4.79 Å². The molecular formula is C9H16ClN3O3. The van der Waals surface area contributed by atoms with Crippen LogP contribution in [0.3, 0.4) is 0 Å². The van der Waals surface area contributed by atoms with Gasteiger partial charge in [0, 0.05) is 11.9 Å². The van der Waals surface area contributed by atoms with Crippen LogP contribution >= 0.6 is 11.6 Å². The number of hydrogen-bond donors (Lipinski definition) is 2. The molecule has 1 aliphatic carbocycles. The monoisotopic (exact) mass is 249 g/mol. The molecule has 92 valence electrons. The number of halogens is 1. The van der Waals surface area contributed by atoms with Gasteiger partial charge >= 0.3 is 6.03 Å². The number of nitrogens with one attached hydrogen (secondary N) is 1. The summed E-state index contributed by atoms with van der Waals surface area (Å²) >= 11 is 5.42. The smallest absolute Gasteiger partial charge is 0.340 e. The predicted octanol–water partition coefficient (Wildman–Crippen LogP) is 1.22. The Morgan fingerprint density at radius 1 is 1.56 bits per heavy atom. The van der Waals surface area contributed by atoms with Gasteiger partial charge in [0.05, 0.1) is 17.9 Å². The molecule has 1 rings (SSSR count). The summed E-state index contributed by atoms with van der Waals surface area (Å²) < 4.78 is 0. The molecule has 2 atom stereocenters. The lowest BCUT2D eigenvalue weighted by molar-refractivity contribution is 0.111. The Morgan fingerprint density at radius 3 is 2.88 bits per heavy atom. The first-order chi connectivity index (χ1) is 7.67. The summed E-state index contributed by atoms with van der Waals surface area (Å²) in [4.78, 5) is 21.9. The third-order valence-electron chi connectivity index (χ3n) is 2.60. The molecule has 0 saturated heterocycles. The summed E-state index contributed by atoms with van der Waals surface area (Å²) in [5.41, 5.74) is 0. The van der Waals surface area contributed by atoms with E-state index in [9.17, 15) is 14.8 Å². The van der Waals surface area contributed by atoms with Crippen molar-refractivity contribution in [3.8, 4) is 0 Å². The molecule has 7 heteroatoms. The van der Waals surface area contributed by atoms with Gasteiger partial charge in [-0.05, 0) is 25.7 Å². The molecule has 0 unspecified atom stereocenters. The van der Waals surface area contributed by atoms with Gasteiger partial charge in [0.15, 0.2) is 0 Å². The molecular weight excluding hydrogens is 234 g/mol. The Kier molecular flexibility index (Phi) is 5.48. The van der Waals surface area contributed by atoms with Crippen LogP contribution in [0.1, 0.15) is 25.7 Å². The Morgan fingerprint density at radius 2 is 2.31 bits per heavy atom. The molecule has 0 radical (unpaired) electrons. The fourth-order valence-electron chi connectivity index (χ4n) is 1.80. The minimum absolute atomic E-state index is 0.0872. The van der Waals surface area contributed by atoms with Gasteiger partial charge in [0.2, 0.25) is 0 Å². The number of rotatable bonds is 4. The summed E-state index contributed by atoms with van der Waals surface area (Å²) in [5, 5.41) is 15.4. The topological polar surface area (TPSA) is 82.0 Å². The van der Waals surface area contributed by atoms with Crippen LogP contribution in [0, 0.1) is 4.91 Å². The van der Waals surface area contributed by atoms with E-state index in [1.165, 1.54) is 0 Å². The third-order valence-corrected chi connectivity index (χ3v) is 2.77. The van der Waals surface area contributed by atoms with Gasteiger partial charge in [-0.2, -0.15) is 5.01 Å². The normalized spacial score (nSPS) is 24.9. The highest BCUT2D eigenvalue weighted by Crippen LogP contribution is 2.18. The van der Waals surface area contributed by atoms with Crippen LogP contribution in [-0.4, -0.2) is 40.7 Å². The maximum Gasteiger partial charge on any atom is 0.340 e. The minimum atomic E-state index is -0.547. The zero-order valence-corrected chi connectivity index (χ0v) is 9.69. The Balaban J connectivity index is 2.39. The highest BCUT2D eigenvalue weighted by atomic mass is 35.5. The Bertz CT molecular complexity index is 252. The molecule has 2 N–H and O–H groups in total. The van der Waals surface area contributed by atoms with Crippen molar-refractivity contribution in [2.24, 2.45) is 5.29 Å². The second-order valence-electron chi connectivity index (χ2n) is 3.86. The Hall–Kier alpha value is -0.880. The molecule has 1 fully saturated rings. The average Bonchev–Trinajstić information content (AvgIpc) is 2.25. The highest BCUT2D eigenvalue weighted by molar-refractivity contribution is 6.18. The lowest BCUT2D eigenvalue weighted by Crippen LogP contribution is -2.45. The summed E-state index contributed by atoms with van der Waals surface area (Å²) in [6, 6.07) is -0.634. The molecule has 0 aromatic carbocycles. The van der Waals surface area contributed by atoms with Gasteiger partial charge in [-0.1, -0.05) is 0 Å². The van der Waals surface area contributed by atoms with Crippen molar-refractivity contribution >= 4 is 17.6 Å². The molecule has 0 bridgehead atoms. The van der Waals surface area contributed by atoms with Crippen LogP contribution in [0.25, 0.3) is 0 Å². The zero-order valence-electron chi connectivity index (χ0n) is 8.93. The summed E-state index contributed by atoms with van der Waals surface area (Å²) in [6.07, 6.45) is 2.61. The maximum absolute atomic E-state index is 11.5. The molecule has 0 aromatic heterocycles. The van der Waals surface area contributed by atoms with Gasteiger partial charge in [-0.25, -0.2) is 4.79 Å². The number of aliphatic hydroxyl groups excluding tert-OH is 1. The van der Waals surface area contributed by atoms with Crippen LogP contribution < -0.4 is 5.32 Å². The molecule has 0 spiro atoms. The van der Waals surface area contributed by atoms with Gasteiger partial charge in [0.25, 0.3) is 0 Å². The van der Waals surface area contributed by atoms with Crippen molar-refractivity contribution in [2.45, 2.75) is 37.8 Å². The summed E-state index contributed by atoms with van der Waals surface area (Å²) in [7, 11) is 0. The number of carbonyl (C=O) groups excluding carboxylic acids is 1. The zero-order chi connectivity index (χ0) is 12.0. The SMILES string of the molecule is O=NN(CCCl)C(=O)N[C@H]1CCC[C@H](O)C1. The van der Waals surface area contributed by atoms with Crippen LogP contribution in [0.15, 0.2) is 5.29 Å². The molecule has 0 aliphatic heterocycles. The third kappa shape index (κ3) is 3.94. The predicted molar refractivity (Wildman–Crippen MR) is 60.0 cm³/mol. The lowest BCUT2D eigenvalue weighted by atomic mass is 9.93. The Labute approximate surface area is 98.9 Å². The molecule has 2 amide bonds. The number of carbonyl (C=O) groups is 1. The molecule has 6 nitrogen and oxygen atoms in total. The number of nitrogens with zero attached hydrogens (tertiary/aromatic N) is 2. The quantitative estimate of drug-likeness (QED) is 0.447. The second kappa shape index (κ2) is 6.65. The maximum atomic E-state index is 11.5. The highest BCUT2D eigenvalue weighted by Gasteiger charge is 2.23. The molecule has 1 aliphatic rings. The van der Waals surface area contributed by atoms with E-state index in [2.05, 4.69) is 10.6 Å². The average molecular weight is 250 g/mol. The van der Waals surface area contributed by atoms with Gasteiger partial charge in [-0.3, -0.25) is 0 Å². The van der Waals surface area contributed by atoms with Crippen LogP contribution in [-0.2, 0) is 0 Å². The fourth-order valence-corrected chi connectivity index (χ4v) is 1.96. The number of urea groups is 1. The lowest BCUT2D eigenvalue weighted by Gasteiger charge is -2.27. The van der Waals surface area contributed by atoms with Crippen molar-refractivity contribution in [2.75, 3.05) is 12.4 Å². The van der Waals surface area contributed by atoms with E-state index in [-0.39, 0.29) is 24.6 Å². The largest absolute Gasteiger partial charge is 0.393 e. The van der Waals surface area contributed by atoms with Crippen molar-refractivity contribution in [1.29, 1.82) is 0 Å². The van der Waals surface area contributed by atoms with Crippen molar-refractivity contribution in [3.63, 3.8) is 0 Å². The summed E-state index contributed by atoms with van der Waals surface area (Å²) in [5.74, 6) is 0.159. The molecule has 0 aromatic rings. The molecule has 0 heterocycles. The van der Waals surface area contributed by atoms with Gasteiger partial charge in [-0.15, -0.1) is 16.5 Å². The van der Waals surface area contributed by atoms with E-state index >= 15 is 0 Å². The van der Waals surface area contributed by atoms with Crippen molar-refractivity contribution in [1.82, 2.24) is 10.3 Å². The number of nitroso groups, excluding NO2 is 1. The van der Waals surface area contributed by atoms with E-state index in [1.807, 2.05) is 0 Å². The van der Waals surface area contributed by atoms with Crippen LogP contribution in [0.2, 0.25) is 0 Å². The van der Waals surface area contributed by atoms with Crippen LogP contribution in [0.5, 0.6) is 0 Å². The van der Waals surface area contributed by atoms with E-state index in [1.54, 1.807) is 0 Å². The first kappa shape index (κ1) is 13.2. The van der Waals surface area contributed by atoms with E-state index < -0.39 is 6.03 Å². The molecule has 16 heavy (non-hydrogen) atoms. The van der Waals surface area contributed by atoms with Gasteiger partial charge < -0.3 is 10.4 Å². The number of hydrogen-bond acceptors (Lipinski definition) is 4.